The predicted octanol–water partition coefficient (Wildman–Crippen LogP) is 4.35. The van der Waals surface area contributed by atoms with Gasteiger partial charge in [0.15, 0.2) is 0 Å². The molecule has 0 aliphatic rings. The van der Waals surface area contributed by atoms with Gasteiger partial charge in [-0.05, 0) is 0 Å². The van der Waals surface area contributed by atoms with E-state index in [2.05, 4.69) is 0 Å². The number of hydrogen-bond donors (Lipinski definition) is 1. The van der Waals surface area contributed by atoms with E-state index in [4.69, 9.17) is 5.11 Å². The Kier molecular flexibility index (Phi) is 5.21. The minimum atomic E-state index is -8.30. The second-order valence-electron chi connectivity index (χ2n) is 4.23. The van der Waals surface area contributed by atoms with Crippen molar-refractivity contribution in [3.8, 4) is 0 Å². The van der Waals surface area contributed by atoms with Crippen molar-refractivity contribution in [3.63, 3.8) is 0 Å². The van der Waals surface area contributed by atoms with Crippen molar-refractivity contribution in [1.82, 2.24) is 0 Å². The van der Waals surface area contributed by atoms with Gasteiger partial charge in [-0.3, -0.25) is 0 Å². The fourth-order valence-electron chi connectivity index (χ4n) is 1.10. The van der Waals surface area contributed by atoms with Crippen molar-refractivity contribution >= 4 is 0 Å². The molecule has 0 heterocycles. The van der Waals surface area contributed by atoms with Gasteiger partial charge in [0.05, 0.1) is 0 Å². The molecule has 0 aromatic heterocycles. The van der Waals surface area contributed by atoms with E-state index in [0.717, 1.165) is 0 Å². The van der Waals surface area contributed by atoms with Gasteiger partial charge in [0.1, 0.15) is 6.61 Å². The molecule has 16 heteroatoms. The summed E-state index contributed by atoms with van der Waals surface area (Å²) < 4.78 is 186. The van der Waals surface area contributed by atoms with Crippen molar-refractivity contribution < 1.29 is 71.0 Å². The summed E-state index contributed by atoms with van der Waals surface area (Å²) in [4.78, 5) is 0. The largest absolute Gasteiger partial charge is 0.460 e. The average molecular weight is 400 g/mol. The van der Waals surface area contributed by atoms with Crippen molar-refractivity contribution in [2.75, 3.05) is 6.61 Å². The van der Waals surface area contributed by atoms with E-state index in [9.17, 15) is 65.9 Å². The molecule has 0 atom stereocenters. The number of alkyl halides is 15. The van der Waals surface area contributed by atoms with E-state index < -0.39 is 48.3 Å². The first kappa shape index (κ1) is 22.9. The molecule has 1 N–H and O–H groups in total. The summed E-state index contributed by atoms with van der Waals surface area (Å²) in [5, 5.41) is 7.73. The third-order valence-corrected chi connectivity index (χ3v) is 2.59. The second kappa shape index (κ2) is 5.45. The summed E-state index contributed by atoms with van der Waals surface area (Å²) in [5.74, 6) is -46.9. The van der Waals surface area contributed by atoms with Crippen LogP contribution in [0.15, 0.2) is 0 Å². The molecule has 0 radical (unpaired) electrons. The zero-order valence-corrected chi connectivity index (χ0v) is 10.3. The molecule has 0 aromatic carbocycles. The molecule has 0 fully saturated rings. The molecule has 0 bridgehead atoms. The van der Waals surface area contributed by atoms with Crippen LogP contribution in [-0.2, 0) is 0 Å². The maximum absolute atomic E-state index is 12.8. The zero-order valence-electron chi connectivity index (χ0n) is 10.3. The Morgan fingerprint density at radius 1 is 0.417 bits per heavy atom. The van der Waals surface area contributed by atoms with Crippen molar-refractivity contribution in [2.24, 2.45) is 0 Å². The van der Waals surface area contributed by atoms with Gasteiger partial charge < -0.3 is 5.11 Å². The molecule has 24 heavy (non-hydrogen) atoms. The van der Waals surface area contributed by atoms with Crippen LogP contribution in [0.25, 0.3) is 0 Å². The van der Waals surface area contributed by atoms with Gasteiger partial charge >= 0.3 is 41.7 Å². The smallest absolute Gasteiger partial charge is 0.390 e. The molecule has 0 rings (SSSR count). The standard InChI is InChI=1S/C8H3F15O/c9-2(10,1-24)3(11,12)4(13,14)5(15,16)6(17,18)7(19,20)8(21,22)23/h24H,1H2. The molecule has 0 aliphatic heterocycles. The first-order valence-corrected chi connectivity index (χ1v) is 5.00. The van der Waals surface area contributed by atoms with Gasteiger partial charge in [-0.25, -0.2) is 0 Å². The molecule has 0 aliphatic carbocycles. The van der Waals surface area contributed by atoms with E-state index in [1.807, 2.05) is 0 Å². The van der Waals surface area contributed by atoms with Crippen LogP contribution in [0.1, 0.15) is 0 Å². The van der Waals surface area contributed by atoms with E-state index in [1.165, 1.54) is 0 Å². The van der Waals surface area contributed by atoms with E-state index in [0.29, 0.717) is 0 Å². The number of halogens is 15. The third kappa shape index (κ3) is 2.65. The topological polar surface area (TPSA) is 20.2 Å². The zero-order chi connectivity index (χ0) is 20.2. The SMILES string of the molecule is OCC(F)(F)C(F)(F)C(F)(F)C(F)(F)C(F)(F)C(F)(F)C(F)(F)F. The fraction of sp³-hybridized carbons (Fsp3) is 1.00. The monoisotopic (exact) mass is 400 g/mol. The lowest BCUT2D eigenvalue weighted by Crippen LogP contribution is -2.72. The van der Waals surface area contributed by atoms with Gasteiger partial charge in [0.25, 0.3) is 0 Å². The molecule has 146 valence electrons. The quantitative estimate of drug-likeness (QED) is 0.658. The van der Waals surface area contributed by atoms with Gasteiger partial charge in [-0.2, -0.15) is 65.9 Å². The van der Waals surface area contributed by atoms with Crippen LogP contribution in [-0.4, -0.2) is 53.4 Å². The maximum atomic E-state index is 12.8. The average Bonchev–Trinajstić information content (AvgIpc) is 2.36. The minimum Gasteiger partial charge on any atom is -0.390 e. The highest BCUT2D eigenvalue weighted by atomic mass is 19.4. The van der Waals surface area contributed by atoms with Crippen LogP contribution in [0.2, 0.25) is 0 Å². The Labute approximate surface area is 121 Å². The van der Waals surface area contributed by atoms with Crippen molar-refractivity contribution in [3.05, 3.63) is 0 Å². The van der Waals surface area contributed by atoms with Gasteiger partial charge in [-0.15, -0.1) is 0 Å². The number of rotatable bonds is 6. The molecule has 0 amide bonds. The maximum Gasteiger partial charge on any atom is 0.460 e. The molecule has 0 saturated carbocycles. The summed E-state index contributed by atoms with van der Waals surface area (Å²) in [6.45, 7) is -3.34. The highest BCUT2D eigenvalue weighted by Crippen LogP contribution is 2.62. The van der Waals surface area contributed by atoms with Crippen LogP contribution >= 0.6 is 0 Å². The molecule has 1 nitrogen and oxygen atoms in total. The Hall–Kier alpha value is -1.09. The Balaban J connectivity index is 6.42. The van der Waals surface area contributed by atoms with Crippen molar-refractivity contribution in [2.45, 2.75) is 41.7 Å². The number of aliphatic hydroxyl groups is 1. The third-order valence-electron chi connectivity index (χ3n) is 2.59. The van der Waals surface area contributed by atoms with E-state index in [-0.39, 0.29) is 0 Å². The minimum absolute atomic E-state index is 3.34. The molecule has 0 unspecified atom stereocenters. The number of aliphatic hydroxyl groups excluding tert-OH is 1. The van der Waals surface area contributed by atoms with Gasteiger partial charge in [-0.1, -0.05) is 0 Å². The highest BCUT2D eigenvalue weighted by molar-refractivity contribution is 5.12. The summed E-state index contributed by atoms with van der Waals surface area (Å²) in [7, 11) is 0. The first-order valence-electron chi connectivity index (χ1n) is 5.00. The molecular formula is C8H3F15O. The normalized spacial score (nSPS) is 16.5. The molecule has 0 spiro atoms. The fourth-order valence-corrected chi connectivity index (χ4v) is 1.10. The van der Waals surface area contributed by atoms with E-state index >= 15 is 0 Å². The van der Waals surface area contributed by atoms with Crippen LogP contribution in [0.3, 0.4) is 0 Å². The van der Waals surface area contributed by atoms with E-state index in [1.54, 1.807) is 0 Å². The molecule has 0 aromatic rings. The number of hydrogen-bond acceptors (Lipinski definition) is 1. The Bertz CT molecular complexity index is 461. The second-order valence-corrected chi connectivity index (χ2v) is 4.23. The Morgan fingerprint density at radius 3 is 0.917 bits per heavy atom. The lowest BCUT2D eigenvalue weighted by atomic mass is 9.91. The van der Waals surface area contributed by atoms with Crippen LogP contribution < -0.4 is 0 Å². The lowest BCUT2D eigenvalue weighted by molar-refractivity contribution is -0.453. The summed E-state index contributed by atoms with van der Waals surface area (Å²) >= 11 is 0. The molecular weight excluding hydrogens is 397 g/mol. The van der Waals surface area contributed by atoms with Crippen LogP contribution in [0.4, 0.5) is 65.9 Å². The lowest BCUT2D eigenvalue weighted by Gasteiger charge is -2.41. The Morgan fingerprint density at radius 2 is 0.667 bits per heavy atom. The summed E-state index contributed by atoms with van der Waals surface area (Å²) in [5.41, 5.74) is 0. The van der Waals surface area contributed by atoms with Gasteiger partial charge in [0, 0.05) is 0 Å². The first-order chi connectivity index (χ1) is 10.1. The molecule has 0 saturated heterocycles. The van der Waals surface area contributed by atoms with Crippen LogP contribution in [0, 0.1) is 0 Å². The highest BCUT2D eigenvalue weighted by Gasteiger charge is 2.93. The van der Waals surface area contributed by atoms with Crippen molar-refractivity contribution in [1.29, 1.82) is 0 Å². The predicted molar refractivity (Wildman–Crippen MR) is 42.8 cm³/mol. The summed E-state index contributed by atoms with van der Waals surface area (Å²) in [6.07, 6.45) is -7.62. The van der Waals surface area contributed by atoms with Gasteiger partial charge in [0.2, 0.25) is 0 Å². The summed E-state index contributed by atoms with van der Waals surface area (Å²) in [6, 6.07) is 0. The van der Waals surface area contributed by atoms with Crippen LogP contribution in [0.5, 0.6) is 0 Å².